The number of hydroxylamine groups is 2. The van der Waals surface area contributed by atoms with E-state index < -0.39 is 16.1 Å². The minimum absolute atomic E-state index is 0. The summed E-state index contributed by atoms with van der Waals surface area (Å²) in [6.45, 7) is 0. The summed E-state index contributed by atoms with van der Waals surface area (Å²) in [7, 11) is 0. The predicted molar refractivity (Wildman–Crippen MR) is 105 cm³/mol. The second kappa shape index (κ2) is 8.82. The summed E-state index contributed by atoms with van der Waals surface area (Å²) in [5.74, 6) is -0.808. The van der Waals surface area contributed by atoms with E-state index in [-0.39, 0.29) is 68.6 Å². The van der Waals surface area contributed by atoms with Crippen LogP contribution in [0.4, 0.5) is 10.1 Å². The molecule has 2 aromatic carbocycles. The van der Waals surface area contributed by atoms with Crippen molar-refractivity contribution in [3.63, 3.8) is 0 Å². The predicted octanol–water partition coefficient (Wildman–Crippen LogP) is 3.27. The zero-order chi connectivity index (χ0) is 19.0. The molecule has 0 saturated heterocycles. The van der Waals surface area contributed by atoms with Gasteiger partial charge in [0.05, 0.1) is 16.8 Å². The van der Waals surface area contributed by atoms with Gasteiger partial charge in [-0.1, -0.05) is 23.9 Å². The molecule has 0 amide bonds. The van der Waals surface area contributed by atoms with Crippen LogP contribution in [0.5, 0.6) is 11.5 Å². The molecule has 0 aromatic heterocycles. The van der Waals surface area contributed by atoms with Gasteiger partial charge in [-0.2, -0.15) is 0 Å². The molecule has 4 rings (SSSR count). The topological polar surface area (TPSA) is 101 Å². The van der Waals surface area contributed by atoms with E-state index >= 15 is 0 Å². The van der Waals surface area contributed by atoms with Crippen molar-refractivity contribution in [3.8, 4) is 11.5 Å². The average Bonchev–Trinajstić information content (AvgIpc) is 3.09. The second-order valence-electron chi connectivity index (χ2n) is 5.56. The number of thioether (sulfide) groups is 1. The van der Waals surface area contributed by atoms with Crippen molar-refractivity contribution >= 4 is 80.2 Å². The molecule has 8 nitrogen and oxygen atoms in total. The van der Waals surface area contributed by atoms with Crippen LogP contribution in [-0.2, 0) is 0 Å². The van der Waals surface area contributed by atoms with Crippen molar-refractivity contribution in [3.05, 3.63) is 75.9 Å². The van der Waals surface area contributed by atoms with Gasteiger partial charge in [0.2, 0.25) is 5.75 Å². The van der Waals surface area contributed by atoms with Crippen molar-refractivity contribution in [2.45, 2.75) is 5.37 Å². The molecule has 1 N–H and O–H groups in total. The molecule has 2 heterocycles. The molecule has 0 bridgehead atoms. The molecule has 2 aromatic rings. The fourth-order valence-corrected chi connectivity index (χ4v) is 3.57. The van der Waals surface area contributed by atoms with Crippen LogP contribution in [0.3, 0.4) is 0 Å². The number of hydrogen-bond acceptors (Lipinski definition) is 8. The maximum atomic E-state index is 13.8. The zero-order valence-corrected chi connectivity index (χ0v) is 14.3. The van der Waals surface area contributed by atoms with Gasteiger partial charge in [-0.15, -0.1) is 0 Å². The van der Waals surface area contributed by atoms with Crippen LogP contribution in [-0.4, -0.2) is 83.3 Å². The van der Waals surface area contributed by atoms with Gasteiger partial charge >= 0.3 is 57.1 Å². The van der Waals surface area contributed by atoms with Crippen molar-refractivity contribution < 1.29 is 19.3 Å². The molecule has 0 aliphatic carbocycles. The summed E-state index contributed by atoms with van der Waals surface area (Å²) < 4.78 is 19.2. The number of benzene rings is 2. The Morgan fingerprint density at radius 3 is 2.75 bits per heavy atom. The van der Waals surface area contributed by atoms with E-state index in [1.807, 2.05) is 0 Å². The number of aliphatic imine (C=N–C) groups is 2. The fourth-order valence-electron chi connectivity index (χ4n) is 2.54. The Morgan fingerprint density at radius 2 is 2.04 bits per heavy atom. The van der Waals surface area contributed by atoms with Gasteiger partial charge in [0.1, 0.15) is 11.4 Å². The van der Waals surface area contributed by atoms with E-state index in [0.717, 1.165) is 5.06 Å². The van der Waals surface area contributed by atoms with Crippen molar-refractivity contribution in [2.75, 3.05) is 0 Å². The van der Waals surface area contributed by atoms with E-state index in [1.165, 1.54) is 54.6 Å². The molecule has 11 heteroatoms. The van der Waals surface area contributed by atoms with Crippen molar-refractivity contribution in [1.82, 2.24) is 5.06 Å². The van der Waals surface area contributed by atoms with E-state index in [2.05, 4.69) is 9.98 Å². The maximum absolute atomic E-state index is 13.8. The quantitative estimate of drug-likeness (QED) is 0.458. The summed E-state index contributed by atoms with van der Waals surface area (Å²) in [6.07, 6.45) is 2.77. The van der Waals surface area contributed by atoms with E-state index in [9.17, 15) is 19.7 Å². The SMILES string of the molecule is O=[N+]([O-])c1cc(C2=NC3=CN=CN(O)C3S2)ccc1Oc1ccccc1F.[KH]. The zero-order valence-electron chi connectivity index (χ0n) is 13.5. The van der Waals surface area contributed by atoms with Gasteiger partial charge in [-0.3, -0.25) is 15.3 Å². The molecule has 0 fully saturated rings. The van der Waals surface area contributed by atoms with E-state index in [1.54, 1.807) is 12.1 Å². The first-order valence-electron chi connectivity index (χ1n) is 7.70. The Kier molecular flexibility index (Phi) is 6.65. The average molecular weight is 426 g/mol. The third-order valence-corrected chi connectivity index (χ3v) is 5.03. The molecule has 28 heavy (non-hydrogen) atoms. The number of halogens is 1. The van der Waals surface area contributed by atoms with Gasteiger partial charge < -0.3 is 4.74 Å². The van der Waals surface area contributed by atoms with Gasteiger partial charge in [0.25, 0.3) is 0 Å². The van der Waals surface area contributed by atoms with Gasteiger partial charge in [-0.25, -0.2) is 19.4 Å². The number of para-hydroxylation sites is 1. The van der Waals surface area contributed by atoms with E-state index in [4.69, 9.17) is 4.74 Å². The fraction of sp³-hybridized carbons (Fsp3) is 0.0588. The Bertz CT molecular complexity index is 1030. The molecule has 0 spiro atoms. The number of ether oxygens (including phenoxy) is 1. The number of nitro groups is 1. The van der Waals surface area contributed by atoms with Gasteiger partial charge in [-0.05, 0) is 24.3 Å². The Balaban J connectivity index is 0.00000225. The Hall–Kier alpha value is -1.60. The summed E-state index contributed by atoms with van der Waals surface area (Å²) in [6, 6.07) is 9.96. The van der Waals surface area contributed by atoms with Crippen LogP contribution < -0.4 is 4.74 Å². The first kappa shape index (κ1) is 21.1. The van der Waals surface area contributed by atoms with Crippen LogP contribution in [0.1, 0.15) is 5.56 Å². The standard InChI is InChI=1S/C17H11FN4O4S.K.H/c18-11-3-1-2-4-14(11)26-15-6-5-10(7-13(15)22(24)25)16-20-12-8-19-9-21(23)17(12)27-16;;/h1-9,17,23H;;. The van der Waals surface area contributed by atoms with Crippen LogP contribution >= 0.6 is 11.8 Å². The summed E-state index contributed by atoms with van der Waals surface area (Å²) in [5.41, 5.74) is 0.700. The summed E-state index contributed by atoms with van der Waals surface area (Å²) >= 11 is 1.23. The molecule has 138 valence electrons. The molecular formula is C17H12FKN4O4S. The van der Waals surface area contributed by atoms with Crippen LogP contribution in [0.2, 0.25) is 0 Å². The first-order valence-corrected chi connectivity index (χ1v) is 8.58. The van der Waals surface area contributed by atoms with Crippen LogP contribution in [0.15, 0.2) is 64.3 Å². The van der Waals surface area contributed by atoms with E-state index in [0.29, 0.717) is 16.3 Å². The summed E-state index contributed by atoms with van der Waals surface area (Å²) in [4.78, 5) is 19.1. The normalized spacial score (nSPS) is 17.4. The molecule has 1 unspecified atom stereocenters. The molecule has 2 aliphatic rings. The Labute approximate surface area is 205 Å². The third-order valence-electron chi connectivity index (χ3n) is 3.80. The number of hydrogen-bond donors (Lipinski definition) is 1. The molecule has 0 radical (unpaired) electrons. The summed E-state index contributed by atoms with van der Waals surface area (Å²) in [5, 5.41) is 22.2. The molecule has 2 aliphatic heterocycles. The number of fused-ring (bicyclic) bond motifs is 1. The number of nitrogens with zero attached hydrogens (tertiary/aromatic N) is 4. The van der Waals surface area contributed by atoms with Gasteiger partial charge in [0, 0.05) is 11.6 Å². The number of nitro benzene ring substituents is 1. The van der Waals surface area contributed by atoms with Gasteiger partial charge in [0.15, 0.2) is 16.9 Å². The van der Waals surface area contributed by atoms with Crippen LogP contribution in [0.25, 0.3) is 0 Å². The minimum atomic E-state index is -0.620. The number of rotatable bonds is 4. The first-order chi connectivity index (χ1) is 13.0. The molecule has 0 saturated carbocycles. The van der Waals surface area contributed by atoms with Crippen molar-refractivity contribution in [2.24, 2.45) is 9.98 Å². The monoisotopic (exact) mass is 426 g/mol. The molecular weight excluding hydrogens is 414 g/mol. The van der Waals surface area contributed by atoms with Crippen LogP contribution in [0, 0.1) is 15.9 Å². The molecule has 1 atom stereocenters. The van der Waals surface area contributed by atoms with Crippen molar-refractivity contribution in [1.29, 1.82) is 0 Å². The third kappa shape index (κ3) is 4.20. The second-order valence-corrected chi connectivity index (χ2v) is 6.63. The Morgan fingerprint density at radius 1 is 1.25 bits per heavy atom.